The van der Waals surface area contributed by atoms with Crippen LogP contribution in [0.25, 0.3) is 0 Å². The van der Waals surface area contributed by atoms with Gasteiger partial charge in [0.2, 0.25) is 0 Å². The van der Waals surface area contributed by atoms with Crippen molar-refractivity contribution in [2.24, 2.45) is 0 Å². The van der Waals surface area contributed by atoms with Gasteiger partial charge in [0.05, 0.1) is 13.2 Å². The molecule has 0 rings (SSSR count). The lowest BCUT2D eigenvalue weighted by atomic mass is 10.2. The smallest absolute Gasteiger partial charge is 0.347 e. The number of esters is 4. The summed E-state index contributed by atoms with van der Waals surface area (Å²) in [5.41, 5.74) is 0. The second-order valence-electron chi connectivity index (χ2n) is 9.15. The van der Waals surface area contributed by atoms with Crippen LogP contribution in [0.4, 0.5) is 0 Å². The minimum absolute atomic E-state index is 0.0435. The number of ether oxygens (including phenoxy) is 6. The highest BCUT2D eigenvalue weighted by molar-refractivity contribution is 5.79. The molecule has 0 radical (unpaired) electrons. The van der Waals surface area contributed by atoms with Gasteiger partial charge < -0.3 is 28.4 Å². The molecule has 222 valence electrons. The summed E-state index contributed by atoms with van der Waals surface area (Å²) < 4.78 is 31.1. The molecule has 0 aliphatic carbocycles. The van der Waals surface area contributed by atoms with Crippen LogP contribution in [0.3, 0.4) is 0 Å². The van der Waals surface area contributed by atoms with Gasteiger partial charge in [0.1, 0.15) is 13.2 Å². The predicted molar refractivity (Wildman–Crippen MR) is 141 cm³/mol. The molecule has 10 nitrogen and oxygen atoms in total. The summed E-state index contributed by atoms with van der Waals surface area (Å²) in [4.78, 5) is 47.7. The zero-order valence-corrected chi connectivity index (χ0v) is 24.0. The van der Waals surface area contributed by atoms with Crippen LogP contribution >= 0.6 is 0 Å². The second-order valence-corrected chi connectivity index (χ2v) is 9.15. The standard InChI is InChI=1S/C28H50O10/c1-5-7-9-13-17-33-19-21-35-27(31)23(3)37-25(29)15-11-12-16-26(30)38-24(4)28(32)36-22-20-34-18-14-10-8-6-2/h23-24H,5-22H2,1-4H3. The summed E-state index contributed by atoms with van der Waals surface area (Å²) in [5.74, 6) is -2.37. The molecule has 0 saturated heterocycles. The minimum Gasteiger partial charge on any atom is -0.461 e. The molecular weight excluding hydrogens is 496 g/mol. The molecule has 0 aromatic heterocycles. The van der Waals surface area contributed by atoms with Crippen LogP contribution < -0.4 is 0 Å². The van der Waals surface area contributed by atoms with Crippen molar-refractivity contribution in [2.45, 2.75) is 117 Å². The van der Waals surface area contributed by atoms with Gasteiger partial charge in [0.15, 0.2) is 12.2 Å². The second kappa shape index (κ2) is 25.1. The molecule has 0 aliphatic rings. The van der Waals surface area contributed by atoms with E-state index in [-0.39, 0.29) is 26.1 Å². The summed E-state index contributed by atoms with van der Waals surface area (Å²) in [6.45, 7) is 9.27. The Hall–Kier alpha value is -2.20. The van der Waals surface area contributed by atoms with E-state index in [9.17, 15) is 19.2 Å². The summed E-state index contributed by atoms with van der Waals surface area (Å²) in [6.07, 6.45) is 7.67. The molecule has 38 heavy (non-hydrogen) atoms. The predicted octanol–water partition coefficient (Wildman–Crippen LogP) is 4.69. The SMILES string of the molecule is CCCCCCOCCOC(=O)C(C)OC(=O)CCCCC(=O)OC(C)C(=O)OCCOCCCCCC. The lowest BCUT2D eigenvalue weighted by molar-refractivity contribution is -0.168. The molecule has 0 bridgehead atoms. The first kappa shape index (κ1) is 35.8. The zero-order chi connectivity index (χ0) is 28.4. The van der Waals surface area contributed by atoms with Crippen molar-refractivity contribution in [1.29, 1.82) is 0 Å². The molecule has 0 aromatic carbocycles. The van der Waals surface area contributed by atoms with Gasteiger partial charge in [-0.05, 0) is 39.5 Å². The lowest BCUT2D eigenvalue weighted by Gasteiger charge is -2.13. The molecule has 0 amide bonds. The Morgan fingerprint density at radius 2 is 0.895 bits per heavy atom. The Bertz CT molecular complexity index is 583. The van der Waals surface area contributed by atoms with E-state index in [0.29, 0.717) is 39.3 Å². The third kappa shape index (κ3) is 21.8. The van der Waals surface area contributed by atoms with Gasteiger partial charge >= 0.3 is 23.9 Å². The van der Waals surface area contributed by atoms with E-state index in [1.54, 1.807) is 0 Å². The van der Waals surface area contributed by atoms with E-state index in [2.05, 4.69) is 13.8 Å². The summed E-state index contributed by atoms with van der Waals surface area (Å²) in [5, 5.41) is 0. The summed E-state index contributed by atoms with van der Waals surface area (Å²) >= 11 is 0. The van der Waals surface area contributed by atoms with Crippen LogP contribution in [0.15, 0.2) is 0 Å². The van der Waals surface area contributed by atoms with Crippen LogP contribution in [0.2, 0.25) is 0 Å². The zero-order valence-electron chi connectivity index (χ0n) is 24.0. The number of carbonyl (C=O) groups excluding carboxylic acids is 4. The van der Waals surface area contributed by atoms with Gasteiger partial charge in [-0.1, -0.05) is 52.4 Å². The van der Waals surface area contributed by atoms with E-state index in [1.165, 1.54) is 26.7 Å². The van der Waals surface area contributed by atoms with Crippen LogP contribution in [0.5, 0.6) is 0 Å². The van der Waals surface area contributed by atoms with E-state index in [0.717, 1.165) is 38.5 Å². The monoisotopic (exact) mass is 546 g/mol. The Morgan fingerprint density at radius 1 is 0.500 bits per heavy atom. The number of carbonyl (C=O) groups is 4. The lowest BCUT2D eigenvalue weighted by Crippen LogP contribution is -2.27. The fourth-order valence-electron chi connectivity index (χ4n) is 3.25. The number of rotatable bonds is 25. The molecule has 0 saturated carbocycles. The Morgan fingerprint density at radius 3 is 1.26 bits per heavy atom. The summed E-state index contributed by atoms with van der Waals surface area (Å²) in [7, 11) is 0. The maximum Gasteiger partial charge on any atom is 0.347 e. The van der Waals surface area contributed by atoms with Crippen molar-refractivity contribution >= 4 is 23.9 Å². The van der Waals surface area contributed by atoms with Crippen LogP contribution in [-0.4, -0.2) is 75.7 Å². The van der Waals surface area contributed by atoms with E-state index >= 15 is 0 Å². The van der Waals surface area contributed by atoms with Crippen LogP contribution in [0.1, 0.15) is 105 Å². The third-order valence-corrected chi connectivity index (χ3v) is 5.52. The number of hydrogen-bond donors (Lipinski definition) is 0. The van der Waals surface area contributed by atoms with Crippen molar-refractivity contribution in [3.63, 3.8) is 0 Å². The topological polar surface area (TPSA) is 124 Å². The molecule has 0 fully saturated rings. The highest BCUT2D eigenvalue weighted by Gasteiger charge is 2.20. The van der Waals surface area contributed by atoms with Crippen LogP contribution in [0, 0.1) is 0 Å². The molecule has 2 unspecified atom stereocenters. The van der Waals surface area contributed by atoms with E-state index in [1.807, 2.05) is 0 Å². The van der Waals surface area contributed by atoms with E-state index in [4.69, 9.17) is 28.4 Å². The number of unbranched alkanes of at least 4 members (excludes halogenated alkanes) is 7. The minimum atomic E-state index is -1.02. The molecule has 0 aromatic rings. The third-order valence-electron chi connectivity index (χ3n) is 5.52. The highest BCUT2D eigenvalue weighted by atomic mass is 16.6. The molecule has 0 N–H and O–H groups in total. The fourth-order valence-corrected chi connectivity index (χ4v) is 3.25. The highest BCUT2D eigenvalue weighted by Crippen LogP contribution is 2.07. The first-order valence-electron chi connectivity index (χ1n) is 14.2. The van der Waals surface area contributed by atoms with Gasteiger partial charge in [-0.2, -0.15) is 0 Å². The average Bonchev–Trinajstić information content (AvgIpc) is 2.89. The van der Waals surface area contributed by atoms with Crippen molar-refractivity contribution in [1.82, 2.24) is 0 Å². The summed E-state index contributed by atoms with van der Waals surface area (Å²) in [6, 6.07) is 0. The van der Waals surface area contributed by atoms with Gasteiger partial charge in [0, 0.05) is 26.1 Å². The van der Waals surface area contributed by atoms with Crippen LogP contribution in [-0.2, 0) is 47.6 Å². The molecule has 0 aliphatic heterocycles. The van der Waals surface area contributed by atoms with Gasteiger partial charge in [-0.15, -0.1) is 0 Å². The molecule has 0 heterocycles. The largest absolute Gasteiger partial charge is 0.461 e. The van der Waals surface area contributed by atoms with Gasteiger partial charge in [-0.3, -0.25) is 9.59 Å². The quantitative estimate of drug-likeness (QED) is 0.0905. The van der Waals surface area contributed by atoms with Crippen molar-refractivity contribution in [3.8, 4) is 0 Å². The Labute approximate surface area is 228 Å². The maximum absolute atomic E-state index is 11.9. The molecular formula is C28H50O10. The van der Waals surface area contributed by atoms with Gasteiger partial charge in [0.25, 0.3) is 0 Å². The molecule has 10 heteroatoms. The molecule has 2 atom stereocenters. The Kier molecular flexibility index (Phi) is 23.6. The first-order chi connectivity index (χ1) is 18.3. The first-order valence-corrected chi connectivity index (χ1v) is 14.2. The van der Waals surface area contributed by atoms with Gasteiger partial charge in [-0.25, -0.2) is 9.59 Å². The average molecular weight is 547 g/mol. The maximum atomic E-state index is 11.9. The van der Waals surface area contributed by atoms with Crippen molar-refractivity contribution in [3.05, 3.63) is 0 Å². The molecule has 0 spiro atoms. The fraction of sp³-hybridized carbons (Fsp3) is 0.857. The number of hydrogen-bond acceptors (Lipinski definition) is 10. The van der Waals surface area contributed by atoms with Crippen molar-refractivity contribution < 1.29 is 47.6 Å². The normalized spacial score (nSPS) is 12.4. The van der Waals surface area contributed by atoms with Crippen molar-refractivity contribution in [2.75, 3.05) is 39.6 Å². The van der Waals surface area contributed by atoms with E-state index < -0.39 is 36.1 Å². The Balaban J connectivity index is 3.80.